The Bertz CT molecular complexity index is 765. The van der Waals surface area contributed by atoms with Gasteiger partial charge in [0.1, 0.15) is 10.7 Å². The standard InChI is InChI=1S/C14H12N4O4S/c1-23-14(10-5-3-2-4-6-10)16-15-12-8-7-11(17(19)20)9-13(12)18(21)22/h2-9,15H,1H3/b16-14+. The Labute approximate surface area is 135 Å². The summed E-state index contributed by atoms with van der Waals surface area (Å²) in [5.74, 6) is 0. The van der Waals surface area contributed by atoms with E-state index in [0.29, 0.717) is 5.04 Å². The maximum absolute atomic E-state index is 11.1. The van der Waals surface area contributed by atoms with E-state index in [9.17, 15) is 20.2 Å². The summed E-state index contributed by atoms with van der Waals surface area (Å²) in [5.41, 5.74) is 2.80. The van der Waals surface area contributed by atoms with Crippen molar-refractivity contribution in [3.63, 3.8) is 0 Å². The van der Waals surface area contributed by atoms with E-state index in [2.05, 4.69) is 10.5 Å². The highest BCUT2D eigenvalue weighted by Crippen LogP contribution is 2.29. The van der Waals surface area contributed by atoms with Crippen LogP contribution in [0.2, 0.25) is 0 Å². The maximum atomic E-state index is 11.1. The van der Waals surface area contributed by atoms with E-state index in [4.69, 9.17) is 0 Å². The minimum Gasteiger partial charge on any atom is -0.271 e. The first-order valence-electron chi connectivity index (χ1n) is 6.39. The fourth-order valence-electron chi connectivity index (χ4n) is 1.80. The van der Waals surface area contributed by atoms with Crippen molar-refractivity contribution in [1.82, 2.24) is 0 Å². The fraction of sp³-hybridized carbons (Fsp3) is 0.0714. The van der Waals surface area contributed by atoms with Crippen LogP contribution in [-0.4, -0.2) is 21.1 Å². The zero-order chi connectivity index (χ0) is 16.8. The highest BCUT2D eigenvalue weighted by molar-refractivity contribution is 8.13. The van der Waals surface area contributed by atoms with Gasteiger partial charge in [-0.25, -0.2) is 0 Å². The van der Waals surface area contributed by atoms with Gasteiger partial charge < -0.3 is 0 Å². The first kappa shape index (κ1) is 16.4. The number of hydrazone groups is 1. The highest BCUT2D eigenvalue weighted by atomic mass is 32.2. The molecule has 2 rings (SSSR count). The first-order chi connectivity index (χ1) is 11.0. The van der Waals surface area contributed by atoms with Crippen LogP contribution in [0.25, 0.3) is 0 Å². The predicted molar refractivity (Wildman–Crippen MR) is 89.9 cm³/mol. The number of anilines is 1. The molecule has 0 radical (unpaired) electrons. The van der Waals surface area contributed by atoms with Crippen molar-refractivity contribution in [1.29, 1.82) is 0 Å². The molecule has 118 valence electrons. The molecular weight excluding hydrogens is 320 g/mol. The second-order valence-corrected chi connectivity index (χ2v) is 5.11. The van der Waals surface area contributed by atoms with E-state index in [-0.39, 0.29) is 11.4 Å². The molecule has 9 heteroatoms. The van der Waals surface area contributed by atoms with Gasteiger partial charge in [0, 0.05) is 11.6 Å². The molecular formula is C14H12N4O4S. The molecule has 0 atom stereocenters. The smallest absolute Gasteiger partial charge is 0.271 e. The van der Waals surface area contributed by atoms with Crippen molar-refractivity contribution < 1.29 is 9.85 Å². The van der Waals surface area contributed by atoms with E-state index in [0.717, 1.165) is 11.6 Å². The van der Waals surface area contributed by atoms with Crippen molar-refractivity contribution >= 4 is 33.9 Å². The van der Waals surface area contributed by atoms with Gasteiger partial charge in [-0.05, 0) is 12.3 Å². The number of benzene rings is 2. The number of nitrogens with zero attached hydrogens (tertiary/aromatic N) is 3. The molecule has 0 amide bonds. The Hall–Kier alpha value is -2.94. The maximum Gasteiger partial charge on any atom is 0.301 e. The summed E-state index contributed by atoms with van der Waals surface area (Å²) in [5, 5.41) is 26.6. The van der Waals surface area contributed by atoms with Gasteiger partial charge in [0.2, 0.25) is 0 Å². The van der Waals surface area contributed by atoms with Crippen LogP contribution in [0.3, 0.4) is 0 Å². The number of rotatable bonds is 5. The van der Waals surface area contributed by atoms with Crippen molar-refractivity contribution in [2.24, 2.45) is 5.10 Å². The lowest BCUT2D eigenvalue weighted by Gasteiger charge is -2.06. The third kappa shape index (κ3) is 4.04. The molecule has 0 fully saturated rings. The molecule has 0 aliphatic heterocycles. The Balaban J connectivity index is 2.33. The van der Waals surface area contributed by atoms with E-state index in [1.54, 1.807) is 0 Å². The predicted octanol–water partition coefficient (Wildman–Crippen LogP) is 3.64. The molecule has 8 nitrogen and oxygen atoms in total. The van der Waals surface area contributed by atoms with E-state index < -0.39 is 15.5 Å². The molecule has 0 unspecified atom stereocenters. The summed E-state index contributed by atoms with van der Waals surface area (Å²) >= 11 is 1.37. The van der Waals surface area contributed by atoms with Crippen LogP contribution in [0.5, 0.6) is 0 Å². The topological polar surface area (TPSA) is 111 Å². The van der Waals surface area contributed by atoms with Gasteiger partial charge in [0.05, 0.1) is 15.9 Å². The van der Waals surface area contributed by atoms with Crippen LogP contribution >= 0.6 is 11.8 Å². The second kappa shape index (κ2) is 7.36. The molecule has 0 aliphatic carbocycles. The molecule has 2 aromatic carbocycles. The molecule has 1 N–H and O–H groups in total. The molecule has 0 aliphatic rings. The normalized spacial score (nSPS) is 11.1. The van der Waals surface area contributed by atoms with Gasteiger partial charge in [-0.3, -0.25) is 25.7 Å². The van der Waals surface area contributed by atoms with Gasteiger partial charge in [0.25, 0.3) is 5.69 Å². The average molecular weight is 332 g/mol. The van der Waals surface area contributed by atoms with Crippen LogP contribution in [-0.2, 0) is 0 Å². The van der Waals surface area contributed by atoms with Crippen molar-refractivity contribution in [3.8, 4) is 0 Å². The van der Waals surface area contributed by atoms with Gasteiger partial charge in [-0.2, -0.15) is 5.10 Å². The quantitative estimate of drug-likeness (QED) is 0.387. The van der Waals surface area contributed by atoms with Gasteiger partial charge >= 0.3 is 5.69 Å². The summed E-state index contributed by atoms with van der Waals surface area (Å²) in [4.78, 5) is 20.4. The highest BCUT2D eigenvalue weighted by Gasteiger charge is 2.19. The Morgan fingerprint density at radius 2 is 1.78 bits per heavy atom. The van der Waals surface area contributed by atoms with Crippen molar-refractivity contribution in [2.45, 2.75) is 0 Å². The van der Waals surface area contributed by atoms with Crippen molar-refractivity contribution in [2.75, 3.05) is 11.7 Å². The minimum atomic E-state index is -0.688. The van der Waals surface area contributed by atoms with Gasteiger partial charge in [0.15, 0.2) is 0 Å². The van der Waals surface area contributed by atoms with E-state index in [1.807, 2.05) is 36.6 Å². The Morgan fingerprint density at radius 1 is 1.09 bits per heavy atom. The Kier molecular flexibility index (Phi) is 5.26. The molecule has 0 bridgehead atoms. The van der Waals surface area contributed by atoms with Gasteiger partial charge in [-0.15, -0.1) is 11.8 Å². The summed E-state index contributed by atoms with van der Waals surface area (Å²) in [6, 6.07) is 12.7. The largest absolute Gasteiger partial charge is 0.301 e. The monoisotopic (exact) mass is 332 g/mol. The molecule has 0 spiro atoms. The number of hydrogen-bond acceptors (Lipinski definition) is 7. The summed E-state index contributed by atoms with van der Waals surface area (Å²) in [6.07, 6.45) is 1.83. The lowest BCUT2D eigenvalue weighted by molar-refractivity contribution is -0.393. The van der Waals surface area contributed by atoms with E-state index in [1.165, 1.54) is 23.9 Å². The number of thioether (sulfide) groups is 1. The Morgan fingerprint density at radius 3 is 2.35 bits per heavy atom. The minimum absolute atomic E-state index is 0.0862. The SMILES string of the molecule is CS/C(=N/Nc1ccc([N+](=O)[O-])cc1[N+](=O)[O-])c1ccccc1. The van der Waals surface area contributed by atoms with Gasteiger partial charge in [-0.1, -0.05) is 30.3 Å². The van der Waals surface area contributed by atoms with Crippen molar-refractivity contribution in [3.05, 3.63) is 74.3 Å². The van der Waals surface area contributed by atoms with Crippen LogP contribution in [0.15, 0.2) is 53.6 Å². The molecule has 23 heavy (non-hydrogen) atoms. The molecule has 2 aromatic rings. The van der Waals surface area contributed by atoms with Crippen LogP contribution < -0.4 is 5.43 Å². The van der Waals surface area contributed by atoms with Crippen LogP contribution in [0.4, 0.5) is 17.1 Å². The van der Waals surface area contributed by atoms with Crippen LogP contribution in [0, 0.1) is 20.2 Å². The molecule has 0 saturated carbocycles. The number of nitrogens with one attached hydrogen (secondary N) is 1. The average Bonchev–Trinajstić information content (AvgIpc) is 2.56. The first-order valence-corrected chi connectivity index (χ1v) is 7.61. The summed E-state index contributed by atoms with van der Waals surface area (Å²) < 4.78 is 0. The molecule has 0 saturated heterocycles. The lowest BCUT2D eigenvalue weighted by atomic mass is 10.2. The fourth-order valence-corrected chi connectivity index (χ4v) is 2.31. The van der Waals surface area contributed by atoms with E-state index >= 15 is 0 Å². The van der Waals surface area contributed by atoms with Crippen LogP contribution in [0.1, 0.15) is 5.56 Å². The summed E-state index contributed by atoms with van der Waals surface area (Å²) in [6.45, 7) is 0. The molecule has 0 heterocycles. The number of nitro groups is 2. The lowest BCUT2D eigenvalue weighted by Crippen LogP contribution is -2.02. The third-order valence-electron chi connectivity index (χ3n) is 2.88. The summed E-state index contributed by atoms with van der Waals surface area (Å²) in [7, 11) is 0. The third-order valence-corrected chi connectivity index (χ3v) is 3.59. The number of non-ortho nitro benzene ring substituents is 1. The zero-order valence-electron chi connectivity index (χ0n) is 12.0. The zero-order valence-corrected chi connectivity index (χ0v) is 12.8. The molecule has 0 aromatic heterocycles. The number of hydrogen-bond donors (Lipinski definition) is 1. The second-order valence-electron chi connectivity index (χ2n) is 4.31. The number of nitro benzene ring substituents is 2.